The third-order valence-corrected chi connectivity index (χ3v) is 5.64. The van der Waals surface area contributed by atoms with E-state index in [0.29, 0.717) is 25.5 Å². The summed E-state index contributed by atoms with van der Waals surface area (Å²) in [4.78, 5) is 11.6. The fourth-order valence-corrected chi connectivity index (χ4v) is 3.68. The molecular weight excluding hydrogens is 394 g/mol. The Morgan fingerprint density at radius 2 is 1.23 bits per heavy atom. The highest BCUT2D eigenvalue weighted by Gasteiger charge is 2.02. The molecule has 0 aromatic rings. The van der Waals surface area contributed by atoms with Gasteiger partial charge in [-0.05, 0) is 32.1 Å². The van der Waals surface area contributed by atoms with Gasteiger partial charge in [-0.3, -0.25) is 4.79 Å². The minimum atomic E-state index is -0.0660. The number of allylic oxidation sites excluding steroid dienone is 2. The van der Waals surface area contributed by atoms with E-state index < -0.39 is 0 Å². The Balaban J connectivity index is 3.15. The van der Waals surface area contributed by atoms with Crippen molar-refractivity contribution in [1.29, 1.82) is 0 Å². The van der Waals surface area contributed by atoms with Crippen LogP contribution >= 0.6 is 11.6 Å². The Labute approximate surface area is 192 Å². The molecule has 0 saturated heterocycles. The maximum Gasteiger partial charge on any atom is 0.305 e. The van der Waals surface area contributed by atoms with E-state index in [0.717, 1.165) is 19.4 Å². The molecule has 0 aromatic heterocycles. The van der Waals surface area contributed by atoms with Crippen molar-refractivity contribution in [3.63, 3.8) is 0 Å². The van der Waals surface area contributed by atoms with Gasteiger partial charge in [-0.1, -0.05) is 96.1 Å². The molecule has 0 fully saturated rings. The molecule has 0 spiro atoms. The number of ether oxygens (including phenoxy) is 1. The molecule has 0 rings (SSSR count). The zero-order valence-electron chi connectivity index (χ0n) is 19.9. The summed E-state index contributed by atoms with van der Waals surface area (Å²) in [5.74, 6) is 0.522. The van der Waals surface area contributed by atoms with Crippen LogP contribution in [0.4, 0.5) is 0 Å². The number of halogens is 1. The molecule has 1 N–H and O–H groups in total. The summed E-state index contributed by atoms with van der Waals surface area (Å²) < 4.78 is 5.18. The van der Waals surface area contributed by atoms with Crippen molar-refractivity contribution >= 4 is 17.6 Å². The molecule has 178 valence electrons. The van der Waals surface area contributed by atoms with Crippen LogP contribution in [0, 0.1) is 0 Å². The maximum atomic E-state index is 11.6. The van der Waals surface area contributed by atoms with E-state index in [1.54, 1.807) is 0 Å². The Morgan fingerprint density at radius 3 is 1.77 bits per heavy atom. The largest absolute Gasteiger partial charge is 0.464 e. The number of hydrogen-bond donors (Lipinski definition) is 1. The molecule has 0 unspecified atom stereocenters. The van der Waals surface area contributed by atoms with Crippen molar-refractivity contribution in [3.8, 4) is 0 Å². The van der Waals surface area contributed by atoms with Crippen molar-refractivity contribution in [1.82, 2.24) is 5.32 Å². The van der Waals surface area contributed by atoms with Gasteiger partial charge < -0.3 is 10.1 Å². The highest BCUT2D eigenvalue weighted by molar-refractivity contribution is 6.18. The smallest absolute Gasteiger partial charge is 0.305 e. The monoisotopic (exact) mass is 443 g/mol. The second-order valence-electron chi connectivity index (χ2n) is 8.41. The first-order valence-corrected chi connectivity index (χ1v) is 13.4. The van der Waals surface area contributed by atoms with Gasteiger partial charge in [0.15, 0.2) is 0 Å². The quantitative estimate of drug-likeness (QED) is 0.0711. The van der Waals surface area contributed by atoms with Crippen molar-refractivity contribution in [2.24, 2.45) is 0 Å². The second kappa shape index (κ2) is 26.5. The number of nitrogens with one attached hydrogen (secondary N) is 1. The normalized spacial score (nSPS) is 11.4. The second-order valence-corrected chi connectivity index (χ2v) is 8.79. The lowest BCUT2D eigenvalue weighted by molar-refractivity contribution is -0.143. The van der Waals surface area contributed by atoms with Crippen LogP contribution in [0.2, 0.25) is 0 Å². The highest BCUT2D eigenvalue weighted by Crippen LogP contribution is 2.12. The molecule has 0 aliphatic rings. The lowest BCUT2D eigenvalue weighted by atomic mass is 10.1. The van der Waals surface area contributed by atoms with E-state index in [2.05, 4.69) is 24.4 Å². The Kier molecular flexibility index (Phi) is 26.0. The van der Waals surface area contributed by atoms with E-state index in [4.69, 9.17) is 16.3 Å². The molecule has 4 heteroatoms. The van der Waals surface area contributed by atoms with E-state index in [1.807, 2.05) is 0 Å². The molecule has 0 aliphatic heterocycles. The molecule has 0 radical (unpaired) electrons. The van der Waals surface area contributed by atoms with Crippen molar-refractivity contribution in [2.75, 3.05) is 25.6 Å². The van der Waals surface area contributed by atoms with Gasteiger partial charge in [0, 0.05) is 25.4 Å². The zero-order valence-corrected chi connectivity index (χ0v) is 20.7. The first-order valence-electron chi connectivity index (χ1n) is 12.9. The van der Waals surface area contributed by atoms with Crippen LogP contribution in [0.3, 0.4) is 0 Å². The number of unbranched alkanes of at least 4 members (excludes halogenated alkanes) is 15. The molecule has 0 aliphatic carbocycles. The van der Waals surface area contributed by atoms with E-state index >= 15 is 0 Å². The van der Waals surface area contributed by atoms with Crippen LogP contribution in [-0.2, 0) is 9.53 Å². The average Bonchev–Trinajstić information content (AvgIpc) is 2.75. The first kappa shape index (κ1) is 29.5. The fraction of sp³-hybridized carbons (Fsp3) is 0.885. The van der Waals surface area contributed by atoms with E-state index in [9.17, 15) is 4.79 Å². The topological polar surface area (TPSA) is 38.3 Å². The number of carbonyl (C=O) groups is 1. The van der Waals surface area contributed by atoms with Gasteiger partial charge in [-0.15, -0.1) is 11.6 Å². The Morgan fingerprint density at radius 1 is 0.733 bits per heavy atom. The Bertz CT molecular complexity index is 374. The Hall–Kier alpha value is -0.540. The number of carbonyl (C=O) groups excluding carboxylic acids is 1. The number of alkyl halides is 1. The van der Waals surface area contributed by atoms with Crippen molar-refractivity contribution in [2.45, 2.75) is 122 Å². The van der Waals surface area contributed by atoms with Crippen LogP contribution in [0.1, 0.15) is 122 Å². The van der Waals surface area contributed by atoms with Crippen molar-refractivity contribution in [3.05, 3.63) is 12.2 Å². The molecule has 0 heterocycles. The molecular formula is C26H50ClNO2. The number of esters is 1. The summed E-state index contributed by atoms with van der Waals surface area (Å²) in [6.07, 6.45) is 27.7. The summed E-state index contributed by atoms with van der Waals surface area (Å²) in [6, 6.07) is 0. The summed E-state index contributed by atoms with van der Waals surface area (Å²) in [5, 5.41) is 3.11. The van der Waals surface area contributed by atoms with Crippen molar-refractivity contribution < 1.29 is 9.53 Å². The average molecular weight is 444 g/mol. The molecule has 3 nitrogen and oxygen atoms in total. The zero-order chi connectivity index (χ0) is 22.0. The van der Waals surface area contributed by atoms with Gasteiger partial charge in [-0.2, -0.15) is 0 Å². The van der Waals surface area contributed by atoms with E-state index in [-0.39, 0.29) is 5.97 Å². The van der Waals surface area contributed by atoms with Gasteiger partial charge in [0.05, 0.1) is 0 Å². The summed E-state index contributed by atoms with van der Waals surface area (Å²) in [7, 11) is 0. The summed E-state index contributed by atoms with van der Waals surface area (Å²) in [5.41, 5.74) is 0. The van der Waals surface area contributed by atoms with E-state index in [1.165, 1.54) is 96.3 Å². The van der Waals surface area contributed by atoms with Crippen LogP contribution in [-0.4, -0.2) is 31.5 Å². The fourth-order valence-electron chi connectivity index (χ4n) is 3.55. The molecule has 0 atom stereocenters. The lowest BCUT2D eigenvalue weighted by Gasteiger charge is -2.05. The minimum Gasteiger partial charge on any atom is -0.464 e. The summed E-state index contributed by atoms with van der Waals surface area (Å²) >= 11 is 5.56. The van der Waals surface area contributed by atoms with Crippen LogP contribution in [0.25, 0.3) is 0 Å². The third kappa shape index (κ3) is 25.5. The van der Waals surface area contributed by atoms with Crippen LogP contribution in [0.5, 0.6) is 0 Å². The highest BCUT2D eigenvalue weighted by atomic mass is 35.5. The predicted molar refractivity (Wildman–Crippen MR) is 132 cm³/mol. The van der Waals surface area contributed by atoms with Gasteiger partial charge in [-0.25, -0.2) is 0 Å². The molecule has 0 amide bonds. The first-order chi connectivity index (χ1) is 14.8. The number of rotatable bonds is 24. The van der Waals surface area contributed by atoms with Gasteiger partial charge in [0.1, 0.15) is 6.61 Å². The lowest BCUT2D eigenvalue weighted by Crippen LogP contribution is -2.23. The maximum absolute atomic E-state index is 11.6. The minimum absolute atomic E-state index is 0.0660. The van der Waals surface area contributed by atoms with Crippen LogP contribution in [0.15, 0.2) is 12.2 Å². The van der Waals surface area contributed by atoms with Gasteiger partial charge >= 0.3 is 5.97 Å². The molecule has 0 aromatic carbocycles. The summed E-state index contributed by atoms with van der Waals surface area (Å²) in [6.45, 7) is 4.17. The molecule has 0 saturated carbocycles. The van der Waals surface area contributed by atoms with Gasteiger partial charge in [0.25, 0.3) is 0 Å². The SMILES string of the molecule is CCCCCCCC/C=C/CCCCCCCCCCCC(=O)OCCNCCCl. The molecule has 30 heavy (non-hydrogen) atoms. The standard InChI is InChI=1S/C26H50ClNO2/c1-2-3-4-5-6-7-8-9-10-11-12-13-14-15-16-17-18-19-20-21-26(29)30-25-24-28-23-22-27/h9-10,28H,2-8,11-25H2,1H3/b10-9+. The van der Waals surface area contributed by atoms with Gasteiger partial charge in [0.2, 0.25) is 0 Å². The predicted octanol–water partition coefficient (Wildman–Crippen LogP) is 7.96. The third-order valence-electron chi connectivity index (χ3n) is 5.46. The molecule has 0 bridgehead atoms. The van der Waals surface area contributed by atoms with Crippen LogP contribution < -0.4 is 5.32 Å². The number of hydrogen-bond acceptors (Lipinski definition) is 3.